The van der Waals surface area contributed by atoms with Crippen LogP contribution < -0.4 is 11.1 Å². The van der Waals surface area contributed by atoms with E-state index in [-0.39, 0.29) is 5.91 Å². The number of carbonyl (C=O) groups excluding carboxylic acids is 1. The molecule has 0 aliphatic rings. The maximum absolute atomic E-state index is 12.1. The SMILES string of the molecule is Cc1cc(Cl)ccc1NC(=O)c1csc(C#CCN)c1. The van der Waals surface area contributed by atoms with Crippen LogP contribution in [0.15, 0.2) is 29.6 Å². The molecule has 2 rings (SSSR count). The monoisotopic (exact) mass is 304 g/mol. The Hall–Kier alpha value is -1.80. The van der Waals surface area contributed by atoms with Gasteiger partial charge in [-0.25, -0.2) is 0 Å². The molecule has 1 amide bonds. The van der Waals surface area contributed by atoms with Crippen LogP contribution in [0.25, 0.3) is 0 Å². The van der Waals surface area contributed by atoms with Crippen LogP contribution in [0.5, 0.6) is 0 Å². The molecule has 0 saturated heterocycles. The van der Waals surface area contributed by atoms with Crippen molar-refractivity contribution in [3.63, 3.8) is 0 Å². The highest BCUT2D eigenvalue weighted by Crippen LogP contribution is 2.21. The highest BCUT2D eigenvalue weighted by Gasteiger charge is 2.09. The van der Waals surface area contributed by atoms with Crippen LogP contribution in [0.4, 0.5) is 5.69 Å². The van der Waals surface area contributed by atoms with E-state index < -0.39 is 0 Å². The smallest absolute Gasteiger partial charge is 0.256 e. The van der Waals surface area contributed by atoms with E-state index in [4.69, 9.17) is 17.3 Å². The van der Waals surface area contributed by atoms with Crippen molar-refractivity contribution < 1.29 is 4.79 Å². The van der Waals surface area contributed by atoms with Gasteiger partial charge in [0.2, 0.25) is 0 Å². The summed E-state index contributed by atoms with van der Waals surface area (Å²) < 4.78 is 0. The van der Waals surface area contributed by atoms with E-state index in [1.54, 1.807) is 23.6 Å². The summed E-state index contributed by atoms with van der Waals surface area (Å²) in [5.41, 5.74) is 7.57. The Morgan fingerprint density at radius 2 is 2.25 bits per heavy atom. The molecule has 0 atom stereocenters. The van der Waals surface area contributed by atoms with Gasteiger partial charge in [0, 0.05) is 16.1 Å². The third kappa shape index (κ3) is 3.61. The van der Waals surface area contributed by atoms with Crippen LogP contribution in [-0.4, -0.2) is 12.5 Å². The lowest BCUT2D eigenvalue weighted by atomic mass is 10.2. The van der Waals surface area contributed by atoms with E-state index in [1.807, 2.05) is 13.0 Å². The lowest BCUT2D eigenvalue weighted by molar-refractivity contribution is 0.102. The van der Waals surface area contributed by atoms with Crippen molar-refractivity contribution in [1.29, 1.82) is 0 Å². The molecule has 20 heavy (non-hydrogen) atoms. The first-order valence-electron chi connectivity index (χ1n) is 5.95. The average molecular weight is 305 g/mol. The molecular weight excluding hydrogens is 292 g/mol. The number of thiophene rings is 1. The Morgan fingerprint density at radius 3 is 2.95 bits per heavy atom. The number of hydrogen-bond donors (Lipinski definition) is 2. The molecule has 5 heteroatoms. The molecule has 3 nitrogen and oxygen atoms in total. The molecule has 0 fully saturated rings. The molecule has 0 radical (unpaired) electrons. The Labute approximate surface area is 126 Å². The van der Waals surface area contributed by atoms with Crippen molar-refractivity contribution in [2.75, 3.05) is 11.9 Å². The Morgan fingerprint density at radius 1 is 1.45 bits per heavy atom. The first-order chi connectivity index (χ1) is 9.60. The molecule has 102 valence electrons. The zero-order valence-electron chi connectivity index (χ0n) is 10.9. The van der Waals surface area contributed by atoms with E-state index in [9.17, 15) is 4.79 Å². The van der Waals surface area contributed by atoms with Gasteiger partial charge >= 0.3 is 0 Å². The maximum Gasteiger partial charge on any atom is 0.256 e. The fourth-order valence-corrected chi connectivity index (χ4v) is 2.60. The molecule has 0 bridgehead atoms. The molecule has 2 aromatic rings. The summed E-state index contributed by atoms with van der Waals surface area (Å²) >= 11 is 7.31. The molecule has 0 spiro atoms. The number of nitrogens with two attached hydrogens (primary N) is 1. The van der Waals surface area contributed by atoms with Crippen molar-refractivity contribution in [2.45, 2.75) is 6.92 Å². The van der Waals surface area contributed by atoms with Crippen molar-refractivity contribution >= 4 is 34.5 Å². The molecule has 0 unspecified atom stereocenters. The second-order valence-corrected chi connectivity index (χ2v) is 5.47. The summed E-state index contributed by atoms with van der Waals surface area (Å²) in [6, 6.07) is 7.10. The standard InChI is InChI=1S/C15H13ClN2OS/c1-10-7-12(16)4-5-14(10)18-15(19)11-8-13(20-9-11)3-2-6-17/h4-5,7-9H,6,17H2,1H3,(H,18,19). The van der Waals surface area contributed by atoms with E-state index in [2.05, 4.69) is 17.2 Å². The van der Waals surface area contributed by atoms with Gasteiger partial charge in [-0.15, -0.1) is 11.3 Å². The van der Waals surface area contributed by atoms with Crippen LogP contribution in [0, 0.1) is 18.8 Å². The molecule has 0 aliphatic heterocycles. The maximum atomic E-state index is 12.1. The van der Waals surface area contributed by atoms with Crippen LogP contribution in [0.1, 0.15) is 20.8 Å². The number of rotatable bonds is 2. The minimum Gasteiger partial charge on any atom is -0.322 e. The molecule has 0 aliphatic carbocycles. The number of benzene rings is 1. The summed E-state index contributed by atoms with van der Waals surface area (Å²) in [4.78, 5) is 13.0. The van der Waals surface area contributed by atoms with Gasteiger partial charge in [-0.05, 0) is 36.8 Å². The van der Waals surface area contributed by atoms with Crippen molar-refractivity contribution in [1.82, 2.24) is 0 Å². The minimum absolute atomic E-state index is 0.160. The fourth-order valence-electron chi connectivity index (χ4n) is 1.62. The summed E-state index contributed by atoms with van der Waals surface area (Å²) in [6.45, 7) is 2.21. The number of amides is 1. The number of halogens is 1. The lowest BCUT2D eigenvalue weighted by Gasteiger charge is -2.07. The third-order valence-electron chi connectivity index (χ3n) is 2.61. The van der Waals surface area contributed by atoms with Crippen LogP contribution >= 0.6 is 22.9 Å². The summed E-state index contributed by atoms with van der Waals surface area (Å²) in [5.74, 6) is 5.51. The first kappa shape index (κ1) is 14.6. The van der Waals surface area contributed by atoms with Gasteiger partial charge in [-0.1, -0.05) is 23.4 Å². The van der Waals surface area contributed by atoms with Gasteiger partial charge in [0.15, 0.2) is 0 Å². The summed E-state index contributed by atoms with van der Waals surface area (Å²) in [6.07, 6.45) is 0. The number of anilines is 1. The molecule has 1 aromatic heterocycles. The van der Waals surface area contributed by atoms with Crippen LogP contribution in [0.3, 0.4) is 0 Å². The number of hydrogen-bond acceptors (Lipinski definition) is 3. The fraction of sp³-hybridized carbons (Fsp3) is 0.133. The van der Waals surface area contributed by atoms with Gasteiger partial charge in [0.1, 0.15) is 0 Å². The largest absolute Gasteiger partial charge is 0.322 e. The zero-order valence-corrected chi connectivity index (χ0v) is 12.4. The highest BCUT2D eigenvalue weighted by atomic mass is 35.5. The van der Waals surface area contributed by atoms with Gasteiger partial charge in [0.25, 0.3) is 5.91 Å². The Kier molecular flexibility index (Phi) is 4.80. The van der Waals surface area contributed by atoms with E-state index in [0.29, 0.717) is 17.1 Å². The van der Waals surface area contributed by atoms with E-state index in [1.165, 1.54) is 11.3 Å². The highest BCUT2D eigenvalue weighted by molar-refractivity contribution is 7.10. The van der Waals surface area contributed by atoms with Gasteiger partial charge in [-0.2, -0.15) is 0 Å². The van der Waals surface area contributed by atoms with E-state index in [0.717, 1.165) is 16.1 Å². The van der Waals surface area contributed by atoms with E-state index >= 15 is 0 Å². The Bertz CT molecular complexity index is 697. The van der Waals surface area contributed by atoms with Crippen LogP contribution in [0.2, 0.25) is 5.02 Å². The van der Waals surface area contributed by atoms with Crippen LogP contribution in [-0.2, 0) is 0 Å². The predicted molar refractivity (Wildman–Crippen MR) is 84.4 cm³/mol. The average Bonchev–Trinajstić information content (AvgIpc) is 2.88. The lowest BCUT2D eigenvalue weighted by Crippen LogP contribution is -2.11. The van der Waals surface area contributed by atoms with Crippen molar-refractivity contribution in [2.24, 2.45) is 5.73 Å². The summed E-state index contributed by atoms with van der Waals surface area (Å²) in [5, 5.41) is 5.29. The molecular formula is C15H13ClN2OS. The van der Waals surface area contributed by atoms with Crippen molar-refractivity contribution in [3.05, 3.63) is 50.7 Å². The predicted octanol–water partition coefficient (Wildman–Crippen LogP) is 3.27. The van der Waals surface area contributed by atoms with Gasteiger partial charge < -0.3 is 11.1 Å². The third-order valence-corrected chi connectivity index (χ3v) is 3.69. The first-order valence-corrected chi connectivity index (χ1v) is 7.21. The molecule has 1 aromatic carbocycles. The molecule has 0 saturated carbocycles. The normalized spacial score (nSPS) is 9.75. The second kappa shape index (κ2) is 6.58. The quantitative estimate of drug-likeness (QED) is 0.837. The second-order valence-electron chi connectivity index (χ2n) is 4.12. The Balaban J connectivity index is 2.13. The molecule has 3 N–H and O–H groups in total. The number of aryl methyl sites for hydroxylation is 1. The minimum atomic E-state index is -0.160. The van der Waals surface area contributed by atoms with Gasteiger partial charge in [0.05, 0.1) is 17.0 Å². The molecule has 1 heterocycles. The summed E-state index contributed by atoms with van der Waals surface area (Å²) in [7, 11) is 0. The number of nitrogens with one attached hydrogen (secondary N) is 1. The number of carbonyl (C=O) groups is 1. The topological polar surface area (TPSA) is 55.1 Å². The van der Waals surface area contributed by atoms with Gasteiger partial charge in [-0.3, -0.25) is 4.79 Å². The van der Waals surface area contributed by atoms with Crippen molar-refractivity contribution in [3.8, 4) is 11.8 Å². The zero-order chi connectivity index (χ0) is 14.5.